The van der Waals surface area contributed by atoms with E-state index >= 15 is 0 Å². The molecule has 2 aromatic carbocycles. The molecule has 0 aliphatic heterocycles. The van der Waals surface area contributed by atoms with E-state index in [4.69, 9.17) is 27.9 Å². The summed E-state index contributed by atoms with van der Waals surface area (Å²) in [6, 6.07) is 10.9. The molecule has 0 spiro atoms. The lowest BCUT2D eigenvalue weighted by atomic mass is 10.1. The number of hydrogen-bond donors (Lipinski definition) is 1. The fraction of sp³-hybridized carbons (Fsp3) is 0.158. The first-order valence-corrected chi connectivity index (χ1v) is 8.53. The highest BCUT2D eigenvalue weighted by molar-refractivity contribution is 6.31. The number of nitrogens with one attached hydrogen (secondary N) is 1. The van der Waals surface area contributed by atoms with E-state index in [1.54, 1.807) is 25.1 Å². The van der Waals surface area contributed by atoms with Crippen LogP contribution >= 0.6 is 23.2 Å². The lowest BCUT2D eigenvalue weighted by molar-refractivity contribution is 0.0527. The van der Waals surface area contributed by atoms with Crippen LogP contribution in [0.15, 0.2) is 42.6 Å². The van der Waals surface area contributed by atoms with E-state index in [-0.39, 0.29) is 6.61 Å². The van der Waals surface area contributed by atoms with E-state index in [1.807, 2.05) is 25.1 Å². The molecule has 0 aliphatic rings. The molecule has 3 aromatic rings. The first kappa shape index (κ1) is 17.5. The molecule has 128 valence electrons. The van der Waals surface area contributed by atoms with Gasteiger partial charge in [0.05, 0.1) is 17.8 Å². The van der Waals surface area contributed by atoms with Crippen molar-refractivity contribution in [3.63, 3.8) is 0 Å². The number of pyridine rings is 1. The van der Waals surface area contributed by atoms with Crippen LogP contribution in [0.4, 0.5) is 11.4 Å². The molecule has 0 unspecified atom stereocenters. The Labute approximate surface area is 155 Å². The highest BCUT2D eigenvalue weighted by Gasteiger charge is 2.18. The van der Waals surface area contributed by atoms with Crippen molar-refractivity contribution >= 4 is 51.4 Å². The number of ether oxygens (including phenoxy) is 1. The zero-order valence-electron chi connectivity index (χ0n) is 13.8. The first-order valence-electron chi connectivity index (χ1n) is 7.78. The molecule has 0 atom stereocenters. The van der Waals surface area contributed by atoms with Gasteiger partial charge in [-0.05, 0) is 55.8 Å². The van der Waals surface area contributed by atoms with Crippen LogP contribution in [0, 0.1) is 6.92 Å². The van der Waals surface area contributed by atoms with Crippen molar-refractivity contribution in [1.29, 1.82) is 0 Å². The van der Waals surface area contributed by atoms with Gasteiger partial charge >= 0.3 is 5.97 Å². The number of carbonyl (C=O) groups is 1. The second kappa shape index (κ2) is 7.30. The van der Waals surface area contributed by atoms with E-state index in [0.29, 0.717) is 21.3 Å². The number of fused-ring (bicyclic) bond motifs is 1. The maximum Gasteiger partial charge on any atom is 0.341 e. The predicted molar refractivity (Wildman–Crippen MR) is 102 cm³/mol. The van der Waals surface area contributed by atoms with Gasteiger partial charge in [0.2, 0.25) is 0 Å². The van der Waals surface area contributed by atoms with Crippen molar-refractivity contribution in [3.8, 4) is 0 Å². The van der Waals surface area contributed by atoms with Crippen LogP contribution in [0.3, 0.4) is 0 Å². The van der Waals surface area contributed by atoms with Gasteiger partial charge < -0.3 is 10.1 Å². The average molecular weight is 375 g/mol. The number of hydrogen-bond acceptors (Lipinski definition) is 4. The quantitative estimate of drug-likeness (QED) is 0.588. The number of rotatable bonds is 4. The fourth-order valence-corrected chi connectivity index (χ4v) is 2.96. The summed E-state index contributed by atoms with van der Waals surface area (Å²) in [7, 11) is 0. The van der Waals surface area contributed by atoms with Crippen LogP contribution in [0.2, 0.25) is 10.0 Å². The van der Waals surface area contributed by atoms with Gasteiger partial charge in [0, 0.05) is 27.3 Å². The molecule has 1 heterocycles. The number of carbonyl (C=O) groups excluding carboxylic acids is 1. The van der Waals surface area contributed by atoms with Crippen molar-refractivity contribution in [2.75, 3.05) is 11.9 Å². The Bertz CT molecular complexity index is 958. The summed E-state index contributed by atoms with van der Waals surface area (Å²) in [5.74, 6) is -0.439. The second-order valence-corrected chi connectivity index (χ2v) is 6.39. The first-order chi connectivity index (χ1) is 12.0. The van der Waals surface area contributed by atoms with E-state index in [9.17, 15) is 4.79 Å². The number of nitrogens with zero attached hydrogens (tertiary/aromatic N) is 1. The van der Waals surface area contributed by atoms with Crippen LogP contribution in [0.5, 0.6) is 0 Å². The molecule has 1 N–H and O–H groups in total. The number of esters is 1. The van der Waals surface area contributed by atoms with Gasteiger partial charge in [-0.15, -0.1) is 0 Å². The fourth-order valence-electron chi connectivity index (χ4n) is 2.57. The normalized spacial score (nSPS) is 10.7. The monoisotopic (exact) mass is 374 g/mol. The summed E-state index contributed by atoms with van der Waals surface area (Å²) in [4.78, 5) is 16.7. The molecular weight excluding hydrogens is 359 g/mol. The van der Waals surface area contributed by atoms with Crippen LogP contribution in [-0.2, 0) is 4.74 Å². The van der Waals surface area contributed by atoms with Gasteiger partial charge in [-0.3, -0.25) is 4.98 Å². The molecule has 3 rings (SSSR count). The van der Waals surface area contributed by atoms with Gasteiger partial charge in [-0.25, -0.2) is 4.79 Å². The smallest absolute Gasteiger partial charge is 0.341 e. The number of aryl methyl sites for hydroxylation is 1. The maximum atomic E-state index is 12.4. The molecule has 0 saturated carbocycles. The number of halogens is 2. The zero-order valence-corrected chi connectivity index (χ0v) is 15.3. The SMILES string of the molecule is CCOC(=O)c1cnc2ccc(Cl)cc2c1Nc1ccc(Cl)cc1C. The van der Waals surface area contributed by atoms with Crippen LogP contribution in [-0.4, -0.2) is 17.6 Å². The van der Waals surface area contributed by atoms with Crippen molar-refractivity contribution in [2.45, 2.75) is 13.8 Å². The van der Waals surface area contributed by atoms with Crippen molar-refractivity contribution in [3.05, 3.63) is 63.8 Å². The maximum absolute atomic E-state index is 12.4. The molecule has 0 saturated heterocycles. The van der Waals surface area contributed by atoms with Gasteiger partial charge in [-0.1, -0.05) is 23.2 Å². The summed E-state index contributed by atoms with van der Waals surface area (Å²) < 4.78 is 5.16. The Kier molecular flexibility index (Phi) is 5.11. The molecule has 0 amide bonds. The molecular formula is C19H16Cl2N2O2. The van der Waals surface area contributed by atoms with Crippen molar-refractivity contribution < 1.29 is 9.53 Å². The molecule has 4 nitrogen and oxygen atoms in total. The minimum absolute atomic E-state index is 0.284. The average Bonchev–Trinajstić information content (AvgIpc) is 2.57. The number of anilines is 2. The molecule has 0 bridgehead atoms. The van der Waals surface area contributed by atoms with Crippen LogP contribution in [0.25, 0.3) is 10.9 Å². The lowest BCUT2D eigenvalue weighted by Crippen LogP contribution is -2.09. The molecule has 25 heavy (non-hydrogen) atoms. The van der Waals surface area contributed by atoms with Crippen molar-refractivity contribution in [1.82, 2.24) is 4.98 Å². The Balaban J connectivity index is 2.19. The summed E-state index contributed by atoms with van der Waals surface area (Å²) in [5.41, 5.74) is 3.48. The van der Waals surface area contributed by atoms with Crippen LogP contribution < -0.4 is 5.32 Å². The van der Waals surface area contributed by atoms with Crippen molar-refractivity contribution in [2.24, 2.45) is 0 Å². The third kappa shape index (κ3) is 3.70. The lowest BCUT2D eigenvalue weighted by Gasteiger charge is -2.16. The third-order valence-corrected chi connectivity index (χ3v) is 4.24. The molecule has 0 fully saturated rings. The topological polar surface area (TPSA) is 51.2 Å². The third-order valence-electron chi connectivity index (χ3n) is 3.77. The minimum Gasteiger partial charge on any atom is -0.462 e. The van der Waals surface area contributed by atoms with Gasteiger partial charge in [0.1, 0.15) is 5.56 Å². The van der Waals surface area contributed by atoms with E-state index in [2.05, 4.69) is 10.3 Å². The summed E-state index contributed by atoms with van der Waals surface area (Å²) in [5, 5.41) is 5.27. The minimum atomic E-state index is -0.439. The Hall–Kier alpha value is -2.30. The zero-order chi connectivity index (χ0) is 18.0. The molecule has 0 aliphatic carbocycles. The summed E-state index contributed by atoms with van der Waals surface area (Å²) >= 11 is 12.2. The highest BCUT2D eigenvalue weighted by atomic mass is 35.5. The van der Waals surface area contributed by atoms with E-state index < -0.39 is 5.97 Å². The Morgan fingerprint density at radius 2 is 1.88 bits per heavy atom. The predicted octanol–water partition coefficient (Wildman–Crippen LogP) is 5.77. The molecule has 1 aromatic heterocycles. The second-order valence-electron chi connectivity index (χ2n) is 5.51. The largest absolute Gasteiger partial charge is 0.462 e. The highest BCUT2D eigenvalue weighted by Crippen LogP contribution is 2.33. The standard InChI is InChI=1S/C19H16Cl2N2O2/c1-3-25-19(24)15-10-22-17-7-5-13(21)9-14(17)18(15)23-16-6-4-12(20)8-11(16)2/h4-10H,3H2,1-2H3,(H,22,23). The Morgan fingerprint density at radius 3 is 2.60 bits per heavy atom. The van der Waals surface area contributed by atoms with E-state index in [0.717, 1.165) is 22.2 Å². The number of aromatic nitrogens is 1. The number of benzene rings is 2. The van der Waals surface area contributed by atoms with Crippen LogP contribution in [0.1, 0.15) is 22.8 Å². The van der Waals surface area contributed by atoms with Gasteiger partial charge in [0.15, 0.2) is 0 Å². The molecule has 0 radical (unpaired) electrons. The van der Waals surface area contributed by atoms with Gasteiger partial charge in [-0.2, -0.15) is 0 Å². The van der Waals surface area contributed by atoms with E-state index in [1.165, 1.54) is 6.20 Å². The van der Waals surface area contributed by atoms with Gasteiger partial charge in [0.25, 0.3) is 0 Å². The molecule has 6 heteroatoms. The summed E-state index contributed by atoms with van der Waals surface area (Å²) in [6.45, 7) is 3.99. The summed E-state index contributed by atoms with van der Waals surface area (Å²) in [6.07, 6.45) is 1.52. The Morgan fingerprint density at radius 1 is 1.16 bits per heavy atom.